The largest absolute Gasteiger partial charge is 0.352 e. The number of nitrogens with zero attached hydrogens (tertiary/aromatic N) is 3. The minimum atomic E-state index is -0.372. The summed E-state index contributed by atoms with van der Waals surface area (Å²) in [5.41, 5.74) is 3.53. The number of benzene rings is 2. The van der Waals surface area contributed by atoms with E-state index in [2.05, 4.69) is 45.6 Å². The molecule has 0 amide bonds. The minimum Gasteiger partial charge on any atom is -0.352 e. The monoisotopic (exact) mass is 490 g/mol. The number of likely N-dealkylation sites (tertiary alicyclic amines) is 1. The zero-order valence-electron chi connectivity index (χ0n) is 15.9. The molecular weight excluding hydrogens is 466 g/mol. The van der Waals surface area contributed by atoms with Crippen LogP contribution in [-0.2, 0) is 6.54 Å². The van der Waals surface area contributed by atoms with Gasteiger partial charge in [0.15, 0.2) is 5.96 Å². The van der Waals surface area contributed by atoms with Crippen LogP contribution in [-0.4, -0.2) is 31.0 Å². The van der Waals surface area contributed by atoms with Crippen LogP contribution in [0.2, 0.25) is 0 Å². The molecule has 2 aromatic carbocycles. The number of guanidine groups is 1. The summed E-state index contributed by atoms with van der Waals surface area (Å²) in [5.74, 6) is 0.404. The fraction of sp³-hybridized carbons (Fsp3) is 0.273. The Balaban J connectivity index is 0.00000280. The van der Waals surface area contributed by atoms with Crippen LogP contribution >= 0.6 is 24.0 Å². The number of halogens is 2. The van der Waals surface area contributed by atoms with Gasteiger partial charge in [-0.3, -0.25) is 4.99 Å². The highest BCUT2D eigenvalue weighted by molar-refractivity contribution is 14.0. The van der Waals surface area contributed by atoms with Crippen molar-refractivity contribution in [1.82, 2.24) is 10.2 Å². The van der Waals surface area contributed by atoms with E-state index in [1.165, 1.54) is 17.2 Å². The predicted octanol–water partition coefficient (Wildman–Crippen LogP) is 4.57. The van der Waals surface area contributed by atoms with Gasteiger partial charge in [-0.1, -0.05) is 48.0 Å². The Morgan fingerprint density at radius 3 is 2.54 bits per heavy atom. The van der Waals surface area contributed by atoms with Crippen molar-refractivity contribution in [1.29, 1.82) is 5.26 Å². The first-order valence-electron chi connectivity index (χ1n) is 9.08. The van der Waals surface area contributed by atoms with Crippen LogP contribution in [0.25, 0.3) is 6.08 Å². The van der Waals surface area contributed by atoms with E-state index in [-0.39, 0.29) is 29.8 Å². The Bertz CT molecular complexity index is 877. The van der Waals surface area contributed by atoms with E-state index in [4.69, 9.17) is 5.26 Å². The first-order chi connectivity index (χ1) is 13.2. The smallest absolute Gasteiger partial charge is 0.193 e. The lowest BCUT2D eigenvalue weighted by atomic mass is 10.0. The number of nitriles is 1. The predicted molar refractivity (Wildman–Crippen MR) is 122 cm³/mol. The highest BCUT2D eigenvalue weighted by Crippen LogP contribution is 2.19. The number of piperidine rings is 1. The molecule has 0 bridgehead atoms. The Hall–Kier alpha value is -2.40. The summed E-state index contributed by atoms with van der Waals surface area (Å²) in [6.45, 7) is 2.11. The Kier molecular flexibility index (Phi) is 8.45. The number of hydrogen-bond acceptors (Lipinski definition) is 2. The van der Waals surface area contributed by atoms with Crippen molar-refractivity contribution in [2.45, 2.75) is 19.4 Å². The molecule has 0 radical (unpaired) electrons. The highest BCUT2D eigenvalue weighted by Gasteiger charge is 2.17. The molecule has 1 saturated heterocycles. The van der Waals surface area contributed by atoms with Gasteiger partial charge in [-0.05, 0) is 30.5 Å². The fourth-order valence-corrected chi connectivity index (χ4v) is 3.20. The summed E-state index contributed by atoms with van der Waals surface area (Å²) in [6.07, 6.45) is 4.24. The molecule has 1 heterocycles. The number of hydrogen-bond donors (Lipinski definition) is 1. The van der Waals surface area contributed by atoms with E-state index in [1.807, 2.05) is 12.1 Å². The molecule has 1 aliphatic rings. The van der Waals surface area contributed by atoms with Gasteiger partial charge in [0.05, 0.1) is 11.6 Å². The van der Waals surface area contributed by atoms with Crippen molar-refractivity contribution in [3.63, 3.8) is 0 Å². The molecule has 0 saturated carbocycles. The van der Waals surface area contributed by atoms with Crippen LogP contribution in [0.4, 0.5) is 4.39 Å². The second-order valence-electron chi connectivity index (χ2n) is 6.52. The lowest BCUT2D eigenvalue weighted by Gasteiger charge is -2.31. The van der Waals surface area contributed by atoms with Crippen molar-refractivity contribution < 1.29 is 4.39 Å². The summed E-state index contributed by atoms with van der Waals surface area (Å²) in [5, 5.41) is 12.1. The van der Waals surface area contributed by atoms with Gasteiger partial charge in [0, 0.05) is 32.2 Å². The molecule has 0 unspecified atom stereocenters. The number of rotatable bonds is 3. The summed E-state index contributed by atoms with van der Waals surface area (Å²) >= 11 is 0. The highest BCUT2D eigenvalue weighted by atomic mass is 127. The van der Waals surface area contributed by atoms with Crippen LogP contribution in [0.15, 0.2) is 59.1 Å². The Labute approximate surface area is 182 Å². The lowest BCUT2D eigenvalue weighted by molar-refractivity contribution is 0.375. The Morgan fingerprint density at radius 2 is 1.93 bits per heavy atom. The van der Waals surface area contributed by atoms with Crippen molar-refractivity contribution in [3.05, 3.63) is 76.6 Å². The van der Waals surface area contributed by atoms with Gasteiger partial charge in [-0.15, -0.1) is 24.0 Å². The normalized spacial score (nSPS) is 14.1. The van der Waals surface area contributed by atoms with Gasteiger partial charge >= 0.3 is 0 Å². The maximum Gasteiger partial charge on any atom is 0.193 e. The maximum absolute atomic E-state index is 14.0. The average molecular weight is 490 g/mol. The van der Waals surface area contributed by atoms with Crippen LogP contribution < -0.4 is 5.32 Å². The van der Waals surface area contributed by atoms with Gasteiger partial charge in [-0.25, -0.2) is 4.39 Å². The van der Waals surface area contributed by atoms with E-state index in [0.29, 0.717) is 17.7 Å². The van der Waals surface area contributed by atoms with Gasteiger partial charge < -0.3 is 10.2 Å². The SMILES string of the molecule is CN=C(NCc1ccc(C#N)cc1F)N1CCC(=Cc2ccccc2)CC1.I. The molecule has 2 aromatic rings. The first-order valence-corrected chi connectivity index (χ1v) is 9.08. The third kappa shape index (κ3) is 5.80. The Morgan fingerprint density at radius 1 is 1.21 bits per heavy atom. The van der Waals surface area contributed by atoms with Crippen LogP contribution in [0.1, 0.15) is 29.5 Å². The lowest BCUT2D eigenvalue weighted by Crippen LogP contribution is -2.44. The van der Waals surface area contributed by atoms with E-state index < -0.39 is 0 Å². The van der Waals surface area contributed by atoms with Crippen molar-refractivity contribution >= 4 is 36.0 Å². The van der Waals surface area contributed by atoms with Crippen LogP contribution in [0.3, 0.4) is 0 Å². The minimum absolute atomic E-state index is 0. The van der Waals surface area contributed by atoms with Crippen molar-refractivity contribution in [2.75, 3.05) is 20.1 Å². The van der Waals surface area contributed by atoms with Crippen molar-refractivity contribution in [2.24, 2.45) is 4.99 Å². The molecule has 28 heavy (non-hydrogen) atoms. The quantitative estimate of drug-likeness (QED) is 0.390. The topological polar surface area (TPSA) is 51.4 Å². The molecule has 1 fully saturated rings. The fourth-order valence-electron chi connectivity index (χ4n) is 3.20. The summed E-state index contributed by atoms with van der Waals surface area (Å²) in [7, 11) is 1.74. The maximum atomic E-state index is 14.0. The molecule has 1 aliphatic heterocycles. The molecule has 4 nitrogen and oxygen atoms in total. The molecule has 0 aliphatic carbocycles. The van der Waals surface area contributed by atoms with E-state index in [0.717, 1.165) is 31.9 Å². The molecule has 1 N–H and O–H groups in total. The zero-order chi connectivity index (χ0) is 19.1. The molecule has 0 spiro atoms. The third-order valence-corrected chi connectivity index (χ3v) is 4.71. The molecular formula is C22H24FIN4. The zero-order valence-corrected chi connectivity index (χ0v) is 18.2. The second kappa shape index (κ2) is 10.8. The van der Waals surface area contributed by atoms with E-state index in [1.54, 1.807) is 19.2 Å². The molecule has 146 valence electrons. The third-order valence-electron chi connectivity index (χ3n) is 4.71. The number of aliphatic imine (C=N–C) groups is 1. The molecule has 6 heteroatoms. The second-order valence-corrected chi connectivity index (χ2v) is 6.52. The summed E-state index contributed by atoms with van der Waals surface area (Å²) in [4.78, 5) is 6.53. The number of nitrogens with one attached hydrogen (secondary N) is 1. The van der Waals surface area contributed by atoms with Crippen molar-refractivity contribution in [3.8, 4) is 6.07 Å². The average Bonchev–Trinajstić information content (AvgIpc) is 2.71. The van der Waals surface area contributed by atoms with Crippen LogP contribution in [0, 0.1) is 17.1 Å². The van der Waals surface area contributed by atoms with E-state index >= 15 is 0 Å². The van der Waals surface area contributed by atoms with Gasteiger partial charge in [0.25, 0.3) is 0 Å². The summed E-state index contributed by atoms with van der Waals surface area (Å²) in [6, 6.07) is 16.8. The standard InChI is InChI=1S/C22H23FN4.HI/c1-25-22(26-16-20-8-7-19(15-24)14-21(20)23)27-11-9-18(10-12-27)13-17-5-3-2-4-6-17;/h2-8,13-14H,9-12,16H2,1H3,(H,25,26);1H. The molecule has 0 aromatic heterocycles. The van der Waals surface area contributed by atoms with Gasteiger partial charge in [0.1, 0.15) is 5.82 Å². The van der Waals surface area contributed by atoms with E-state index in [9.17, 15) is 4.39 Å². The first kappa shape index (κ1) is 21.9. The van der Waals surface area contributed by atoms with Gasteiger partial charge in [-0.2, -0.15) is 5.26 Å². The summed E-state index contributed by atoms with van der Waals surface area (Å²) < 4.78 is 14.0. The van der Waals surface area contributed by atoms with Crippen LogP contribution in [0.5, 0.6) is 0 Å². The molecule has 0 atom stereocenters. The molecule has 3 rings (SSSR count). The van der Waals surface area contributed by atoms with Gasteiger partial charge in [0.2, 0.25) is 0 Å².